The fourth-order valence-electron chi connectivity index (χ4n) is 2.87. The smallest absolute Gasteiger partial charge is 0.181 e. The minimum absolute atomic E-state index is 0.277. The van der Waals surface area contributed by atoms with Crippen LogP contribution in [0.3, 0.4) is 0 Å². The molecule has 1 unspecified atom stereocenters. The van der Waals surface area contributed by atoms with Crippen molar-refractivity contribution >= 4 is 0 Å². The predicted molar refractivity (Wildman–Crippen MR) is 120 cm³/mol. The number of ether oxygens (including phenoxy) is 9. The summed E-state index contributed by atoms with van der Waals surface area (Å²) in [6, 6.07) is 0. The van der Waals surface area contributed by atoms with Crippen LogP contribution in [0.1, 0.15) is 40.0 Å². The van der Waals surface area contributed by atoms with Crippen LogP contribution in [0.2, 0.25) is 0 Å². The zero-order valence-corrected chi connectivity index (χ0v) is 20.5. The molecule has 0 bridgehead atoms. The summed E-state index contributed by atoms with van der Waals surface area (Å²) in [4.78, 5) is 0. The molecule has 1 atom stereocenters. The van der Waals surface area contributed by atoms with Crippen LogP contribution in [-0.4, -0.2) is 111 Å². The first kappa shape index (κ1) is 29.7. The van der Waals surface area contributed by atoms with Gasteiger partial charge >= 0.3 is 0 Å². The molecule has 1 fully saturated rings. The van der Waals surface area contributed by atoms with E-state index in [0.29, 0.717) is 99.1 Å². The van der Waals surface area contributed by atoms with Crippen molar-refractivity contribution in [1.82, 2.24) is 0 Å². The molecule has 0 radical (unpaired) electrons. The zero-order chi connectivity index (χ0) is 23.2. The van der Waals surface area contributed by atoms with Crippen molar-refractivity contribution in [3.8, 4) is 0 Å². The van der Waals surface area contributed by atoms with Gasteiger partial charge in [-0.2, -0.15) is 0 Å². The summed E-state index contributed by atoms with van der Waals surface area (Å²) >= 11 is 0. The normalized spacial score (nSPS) is 23.9. The Bertz CT molecular complexity index is 372. The SMILES string of the molecule is CCCCC(C)(C)OC1COCCOCCOCCOCCOCCOCCOCCO1. The molecule has 0 saturated carbocycles. The van der Waals surface area contributed by atoms with E-state index in [4.69, 9.17) is 42.6 Å². The molecule has 1 saturated heterocycles. The quantitative estimate of drug-likeness (QED) is 0.607. The molecular weight excluding hydrogens is 420 g/mol. The molecule has 0 N–H and O–H groups in total. The van der Waals surface area contributed by atoms with Gasteiger partial charge in [0.15, 0.2) is 6.29 Å². The molecule has 0 amide bonds. The van der Waals surface area contributed by atoms with E-state index in [1.165, 1.54) is 0 Å². The second-order valence-electron chi connectivity index (χ2n) is 8.03. The average Bonchev–Trinajstić information content (AvgIpc) is 2.77. The Morgan fingerprint density at radius 1 is 0.594 bits per heavy atom. The lowest BCUT2D eigenvalue weighted by Gasteiger charge is -2.31. The van der Waals surface area contributed by atoms with E-state index in [-0.39, 0.29) is 5.60 Å². The lowest BCUT2D eigenvalue weighted by atomic mass is 10.0. The van der Waals surface area contributed by atoms with Crippen molar-refractivity contribution in [2.75, 3.05) is 99.1 Å². The van der Waals surface area contributed by atoms with Crippen molar-refractivity contribution in [2.24, 2.45) is 0 Å². The van der Waals surface area contributed by atoms with E-state index >= 15 is 0 Å². The molecule has 32 heavy (non-hydrogen) atoms. The number of hydrogen-bond acceptors (Lipinski definition) is 9. The molecule has 9 nitrogen and oxygen atoms in total. The van der Waals surface area contributed by atoms with Gasteiger partial charge in [-0.1, -0.05) is 19.8 Å². The minimum atomic E-state index is -0.451. The number of rotatable bonds is 5. The van der Waals surface area contributed by atoms with Gasteiger partial charge in [-0.25, -0.2) is 0 Å². The number of hydrogen-bond donors (Lipinski definition) is 0. The van der Waals surface area contributed by atoms with Crippen LogP contribution in [0.25, 0.3) is 0 Å². The lowest BCUT2D eigenvalue weighted by molar-refractivity contribution is -0.228. The largest absolute Gasteiger partial charge is 0.377 e. The highest BCUT2D eigenvalue weighted by Gasteiger charge is 2.24. The lowest BCUT2D eigenvalue weighted by Crippen LogP contribution is -2.36. The van der Waals surface area contributed by atoms with Gasteiger partial charge in [0.05, 0.1) is 105 Å². The van der Waals surface area contributed by atoms with Gasteiger partial charge < -0.3 is 42.6 Å². The van der Waals surface area contributed by atoms with Crippen molar-refractivity contribution in [2.45, 2.75) is 51.9 Å². The fraction of sp³-hybridized carbons (Fsp3) is 1.00. The van der Waals surface area contributed by atoms with E-state index < -0.39 is 6.29 Å². The van der Waals surface area contributed by atoms with Crippen LogP contribution < -0.4 is 0 Å². The molecule has 0 aromatic carbocycles. The Morgan fingerprint density at radius 2 is 0.969 bits per heavy atom. The summed E-state index contributed by atoms with van der Waals surface area (Å²) in [6.07, 6.45) is 2.75. The fourth-order valence-corrected chi connectivity index (χ4v) is 2.87. The molecule has 9 heteroatoms. The third-order valence-electron chi connectivity index (χ3n) is 4.60. The molecule has 1 heterocycles. The molecule has 1 aliphatic rings. The summed E-state index contributed by atoms with van der Waals surface area (Å²) in [5.41, 5.74) is -0.277. The second kappa shape index (κ2) is 21.2. The van der Waals surface area contributed by atoms with Gasteiger partial charge in [-0.15, -0.1) is 0 Å². The predicted octanol–water partition coefficient (Wildman–Crippen LogP) is 2.44. The Labute approximate surface area is 194 Å². The van der Waals surface area contributed by atoms with Crippen LogP contribution in [0.4, 0.5) is 0 Å². The van der Waals surface area contributed by atoms with E-state index in [2.05, 4.69) is 20.8 Å². The summed E-state index contributed by atoms with van der Waals surface area (Å²) in [6.45, 7) is 13.8. The maximum absolute atomic E-state index is 6.19. The third kappa shape index (κ3) is 19.1. The first-order valence-corrected chi connectivity index (χ1v) is 12.0. The highest BCUT2D eigenvalue weighted by atomic mass is 16.7. The third-order valence-corrected chi connectivity index (χ3v) is 4.60. The molecule has 0 spiro atoms. The monoisotopic (exact) mass is 466 g/mol. The second-order valence-corrected chi connectivity index (χ2v) is 8.03. The van der Waals surface area contributed by atoms with E-state index in [1.807, 2.05) is 0 Å². The molecule has 1 aliphatic heterocycles. The van der Waals surface area contributed by atoms with Crippen LogP contribution >= 0.6 is 0 Å². The first-order chi connectivity index (χ1) is 15.6. The molecule has 0 aromatic heterocycles. The van der Waals surface area contributed by atoms with Gasteiger partial charge in [0.2, 0.25) is 0 Å². The Balaban J connectivity index is 2.35. The Hall–Kier alpha value is -0.360. The van der Waals surface area contributed by atoms with Gasteiger partial charge in [-0.3, -0.25) is 0 Å². The van der Waals surface area contributed by atoms with Crippen LogP contribution in [-0.2, 0) is 42.6 Å². The molecule has 0 aliphatic carbocycles. The van der Waals surface area contributed by atoms with Gasteiger partial charge in [0, 0.05) is 0 Å². The minimum Gasteiger partial charge on any atom is -0.377 e. The maximum atomic E-state index is 6.19. The zero-order valence-electron chi connectivity index (χ0n) is 20.5. The maximum Gasteiger partial charge on any atom is 0.181 e. The van der Waals surface area contributed by atoms with Crippen LogP contribution in [0, 0.1) is 0 Å². The van der Waals surface area contributed by atoms with Crippen LogP contribution in [0.5, 0.6) is 0 Å². The van der Waals surface area contributed by atoms with Crippen molar-refractivity contribution in [3.63, 3.8) is 0 Å². The van der Waals surface area contributed by atoms with Gasteiger partial charge in [0.1, 0.15) is 0 Å². The van der Waals surface area contributed by atoms with Crippen molar-refractivity contribution in [1.29, 1.82) is 0 Å². The Kier molecular flexibility index (Phi) is 19.6. The summed E-state index contributed by atoms with van der Waals surface area (Å²) in [5, 5.41) is 0. The summed E-state index contributed by atoms with van der Waals surface area (Å²) < 4.78 is 50.8. The van der Waals surface area contributed by atoms with Crippen molar-refractivity contribution < 1.29 is 42.6 Å². The highest BCUT2D eigenvalue weighted by molar-refractivity contribution is 4.69. The topological polar surface area (TPSA) is 83.1 Å². The molecular formula is C23H46O9. The van der Waals surface area contributed by atoms with E-state index in [9.17, 15) is 0 Å². The Morgan fingerprint density at radius 3 is 1.38 bits per heavy atom. The highest BCUT2D eigenvalue weighted by Crippen LogP contribution is 2.20. The standard InChI is InChI=1S/C23H46O9/c1-4-5-6-23(2,3)32-22-21-30-18-17-28-14-13-26-10-9-24-7-8-25-11-12-27-15-16-29-19-20-31-22/h22H,4-21H2,1-3H3. The van der Waals surface area contributed by atoms with Crippen molar-refractivity contribution in [3.05, 3.63) is 0 Å². The number of unbranched alkanes of at least 4 members (excludes halogenated alkanes) is 1. The van der Waals surface area contributed by atoms with E-state index in [0.717, 1.165) is 19.3 Å². The summed E-state index contributed by atoms with van der Waals surface area (Å²) in [5.74, 6) is 0. The molecule has 1 rings (SSSR count). The average molecular weight is 467 g/mol. The van der Waals surface area contributed by atoms with Gasteiger partial charge in [-0.05, 0) is 20.3 Å². The van der Waals surface area contributed by atoms with Crippen LogP contribution in [0.15, 0.2) is 0 Å². The van der Waals surface area contributed by atoms with E-state index in [1.54, 1.807) is 0 Å². The molecule has 192 valence electrons. The summed E-state index contributed by atoms with van der Waals surface area (Å²) in [7, 11) is 0. The van der Waals surface area contributed by atoms with Gasteiger partial charge in [0.25, 0.3) is 0 Å². The first-order valence-electron chi connectivity index (χ1n) is 12.0. The molecule has 0 aromatic rings.